The first kappa shape index (κ1) is 25.8. The number of hydrogen-bond acceptors (Lipinski definition) is 6. The number of anilines is 1. The molecule has 0 aliphatic carbocycles. The third kappa shape index (κ3) is 5.16. The molecule has 35 heavy (non-hydrogen) atoms. The molecule has 2 aliphatic heterocycles. The van der Waals surface area contributed by atoms with Crippen LogP contribution in [0.3, 0.4) is 0 Å². The van der Waals surface area contributed by atoms with E-state index in [0.29, 0.717) is 28.7 Å². The summed E-state index contributed by atoms with van der Waals surface area (Å²) in [5.41, 5.74) is 1.72. The number of nitrogens with one attached hydrogen (secondary N) is 2. The molecule has 2 unspecified atom stereocenters. The molecule has 2 atom stereocenters. The molecule has 2 N–H and O–H groups in total. The molecule has 1 amide bonds. The van der Waals surface area contributed by atoms with Crippen LogP contribution in [0.1, 0.15) is 71.2 Å². The fraction of sp³-hybridized carbons (Fsp3) is 0.520. The summed E-state index contributed by atoms with van der Waals surface area (Å²) >= 11 is 1.42. The fourth-order valence-electron chi connectivity index (χ4n) is 4.92. The average Bonchev–Trinajstić information content (AvgIpc) is 3.20. The van der Waals surface area contributed by atoms with Crippen LogP contribution in [-0.2, 0) is 27.7 Å². The summed E-state index contributed by atoms with van der Waals surface area (Å²) in [4.78, 5) is 28.4. The number of hydrogen-bond donors (Lipinski definition) is 2. The fourth-order valence-corrected chi connectivity index (χ4v) is 7.90. The van der Waals surface area contributed by atoms with Gasteiger partial charge in [0.15, 0.2) is 0 Å². The largest absolute Gasteiger partial charge is 0.465 e. The first-order valence-electron chi connectivity index (χ1n) is 12.1. The number of ether oxygens (including phenoxy) is 1. The predicted molar refractivity (Wildman–Crippen MR) is 136 cm³/mol. The Balaban J connectivity index is 1.56. The molecule has 0 saturated carbocycles. The lowest BCUT2D eigenvalue weighted by molar-refractivity contribution is -0.936. The van der Waals surface area contributed by atoms with Gasteiger partial charge in [0.2, 0.25) is 10.0 Å². The highest BCUT2D eigenvalue weighted by molar-refractivity contribution is 7.89. The molecule has 2 aromatic rings. The molecule has 190 valence electrons. The summed E-state index contributed by atoms with van der Waals surface area (Å²) < 4.78 is 32.7. The quantitative estimate of drug-likeness (QED) is 0.571. The van der Waals surface area contributed by atoms with Crippen molar-refractivity contribution < 1.29 is 27.6 Å². The topological polar surface area (TPSA) is 97.2 Å². The lowest BCUT2D eigenvalue weighted by Gasteiger charge is -2.32. The van der Waals surface area contributed by atoms with Crippen molar-refractivity contribution >= 4 is 38.2 Å². The van der Waals surface area contributed by atoms with Crippen molar-refractivity contribution in [3.05, 3.63) is 45.8 Å². The van der Waals surface area contributed by atoms with Gasteiger partial charge in [-0.2, -0.15) is 4.31 Å². The van der Waals surface area contributed by atoms with Crippen molar-refractivity contribution in [2.45, 2.75) is 70.0 Å². The molecule has 0 bridgehead atoms. The molecule has 8 nitrogen and oxygen atoms in total. The number of fused-ring (bicyclic) bond motifs is 1. The normalized spacial score (nSPS) is 20.9. The standard InChI is InChI=1S/C25H33N3O5S2/c1-16(2)27-14-12-20-21(15-27)34-24(22(20)25(30)33-4)26-23(29)18-8-10-19(11-9-18)35(31,32)28-13-6-5-7-17(28)3/h8-11,16-17H,5-7,12-15H2,1-4H3,(H,26,29)/p+1. The summed E-state index contributed by atoms with van der Waals surface area (Å²) in [6, 6.07) is 6.44. The Morgan fingerprint density at radius 1 is 1.20 bits per heavy atom. The molecule has 0 radical (unpaired) electrons. The molecule has 4 rings (SSSR count). The van der Waals surface area contributed by atoms with E-state index in [1.807, 2.05) is 6.92 Å². The minimum atomic E-state index is -3.61. The highest BCUT2D eigenvalue weighted by Crippen LogP contribution is 2.35. The van der Waals surface area contributed by atoms with Gasteiger partial charge >= 0.3 is 5.97 Å². The van der Waals surface area contributed by atoms with Gasteiger partial charge in [-0.15, -0.1) is 11.3 Å². The highest BCUT2D eigenvalue weighted by Gasteiger charge is 2.33. The summed E-state index contributed by atoms with van der Waals surface area (Å²) in [5, 5.41) is 3.36. The molecule has 3 heterocycles. The number of amides is 1. The molecule has 2 aliphatic rings. The zero-order valence-electron chi connectivity index (χ0n) is 20.7. The van der Waals surface area contributed by atoms with E-state index >= 15 is 0 Å². The molecule has 0 spiro atoms. The molecule has 1 fully saturated rings. The minimum Gasteiger partial charge on any atom is -0.465 e. The molecule has 10 heteroatoms. The van der Waals surface area contributed by atoms with Crippen LogP contribution in [0.5, 0.6) is 0 Å². The lowest BCUT2D eigenvalue weighted by Crippen LogP contribution is -3.14. The number of piperidine rings is 1. The summed E-state index contributed by atoms with van der Waals surface area (Å²) in [6.45, 7) is 8.52. The van der Waals surface area contributed by atoms with E-state index in [9.17, 15) is 18.0 Å². The maximum atomic E-state index is 13.1. The summed E-state index contributed by atoms with van der Waals surface area (Å²) in [5.74, 6) is -0.847. The highest BCUT2D eigenvalue weighted by atomic mass is 32.2. The van der Waals surface area contributed by atoms with Gasteiger partial charge < -0.3 is 15.0 Å². The Morgan fingerprint density at radius 3 is 2.54 bits per heavy atom. The van der Waals surface area contributed by atoms with Crippen molar-refractivity contribution in [2.75, 3.05) is 25.5 Å². The van der Waals surface area contributed by atoms with E-state index in [0.717, 1.165) is 49.2 Å². The van der Waals surface area contributed by atoms with Crippen LogP contribution >= 0.6 is 11.3 Å². The van der Waals surface area contributed by atoms with Crippen LogP contribution in [0.15, 0.2) is 29.2 Å². The maximum absolute atomic E-state index is 13.1. The van der Waals surface area contributed by atoms with E-state index in [1.54, 1.807) is 4.31 Å². The number of sulfonamides is 1. The number of rotatable bonds is 6. The van der Waals surface area contributed by atoms with E-state index in [1.165, 1.54) is 47.6 Å². The first-order valence-corrected chi connectivity index (χ1v) is 14.4. The molecular formula is C25H34N3O5S2+. The van der Waals surface area contributed by atoms with Gasteiger partial charge in [0.1, 0.15) is 11.5 Å². The van der Waals surface area contributed by atoms with Crippen LogP contribution in [0.25, 0.3) is 0 Å². The van der Waals surface area contributed by atoms with Crippen LogP contribution in [-0.4, -0.2) is 56.9 Å². The van der Waals surface area contributed by atoms with Crippen molar-refractivity contribution in [1.29, 1.82) is 0 Å². The van der Waals surface area contributed by atoms with Gasteiger partial charge in [-0.05, 0) is 63.4 Å². The number of benzene rings is 1. The van der Waals surface area contributed by atoms with Crippen molar-refractivity contribution in [3.63, 3.8) is 0 Å². The van der Waals surface area contributed by atoms with Gasteiger partial charge in [-0.3, -0.25) is 4.79 Å². The number of nitrogens with zero attached hydrogens (tertiary/aromatic N) is 1. The lowest BCUT2D eigenvalue weighted by atomic mass is 10.0. The summed E-state index contributed by atoms with van der Waals surface area (Å²) in [6.07, 6.45) is 3.49. The van der Waals surface area contributed by atoms with Crippen molar-refractivity contribution in [3.8, 4) is 0 Å². The maximum Gasteiger partial charge on any atom is 0.341 e. The number of carbonyl (C=O) groups excluding carboxylic acids is 2. The van der Waals surface area contributed by atoms with Gasteiger partial charge in [0.25, 0.3) is 5.91 Å². The Morgan fingerprint density at radius 2 is 1.91 bits per heavy atom. The van der Waals surface area contributed by atoms with E-state index in [-0.39, 0.29) is 10.9 Å². The Kier molecular flexibility index (Phi) is 7.65. The summed E-state index contributed by atoms with van der Waals surface area (Å²) in [7, 11) is -2.27. The second-order valence-electron chi connectivity index (χ2n) is 9.63. The number of carbonyl (C=O) groups is 2. The zero-order chi connectivity index (χ0) is 25.3. The minimum absolute atomic E-state index is 0.0354. The molecule has 1 aromatic heterocycles. The van der Waals surface area contributed by atoms with Gasteiger partial charge in [-0.1, -0.05) is 6.42 Å². The number of methoxy groups -OCH3 is 1. The van der Waals surface area contributed by atoms with Crippen LogP contribution in [0.2, 0.25) is 0 Å². The second-order valence-corrected chi connectivity index (χ2v) is 12.6. The van der Waals surface area contributed by atoms with Crippen molar-refractivity contribution in [1.82, 2.24) is 4.31 Å². The van der Waals surface area contributed by atoms with Gasteiger partial charge in [0, 0.05) is 24.6 Å². The molecule has 1 saturated heterocycles. The third-order valence-electron chi connectivity index (χ3n) is 7.07. The van der Waals surface area contributed by atoms with E-state index in [4.69, 9.17) is 4.74 Å². The van der Waals surface area contributed by atoms with Crippen LogP contribution < -0.4 is 10.2 Å². The number of thiophene rings is 1. The van der Waals surface area contributed by atoms with E-state index in [2.05, 4.69) is 19.2 Å². The monoisotopic (exact) mass is 520 g/mol. The number of quaternary nitrogens is 1. The molecule has 1 aromatic carbocycles. The average molecular weight is 521 g/mol. The molecular weight excluding hydrogens is 486 g/mol. The smallest absolute Gasteiger partial charge is 0.341 e. The SMILES string of the molecule is COC(=O)c1c(NC(=O)c2ccc(S(=O)(=O)N3CCCCC3C)cc2)sc2c1CC[NH+](C(C)C)C2. The van der Waals surface area contributed by atoms with Gasteiger partial charge in [0.05, 0.1) is 35.0 Å². The first-order chi connectivity index (χ1) is 16.6. The van der Waals surface area contributed by atoms with Gasteiger partial charge in [-0.25, -0.2) is 13.2 Å². The van der Waals surface area contributed by atoms with Crippen LogP contribution in [0.4, 0.5) is 5.00 Å². The Hall–Kier alpha value is -2.27. The second kappa shape index (κ2) is 10.4. The Labute approximate surface area is 211 Å². The van der Waals surface area contributed by atoms with E-state index < -0.39 is 21.9 Å². The Bertz CT molecular complexity index is 1200. The number of esters is 1. The third-order valence-corrected chi connectivity index (χ3v) is 10.2. The van der Waals surface area contributed by atoms with Crippen molar-refractivity contribution in [2.24, 2.45) is 0 Å². The van der Waals surface area contributed by atoms with Crippen LogP contribution in [0, 0.1) is 0 Å². The zero-order valence-corrected chi connectivity index (χ0v) is 22.4. The predicted octanol–water partition coefficient (Wildman–Crippen LogP) is 2.70.